The van der Waals surface area contributed by atoms with Crippen molar-refractivity contribution in [3.05, 3.63) is 39.2 Å². The van der Waals surface area contributed by atoms with Crippen LogP contribution in [0, 0.1) is 0 Å². The SMILES string of the molecule is O=C(O)/C(S)=C/c1ccccc1Br. The van der Waals surface area contributed by atoms with Crippen molar-refractivity contribution in [3.8, 4) is 0 Å². The summed E-state index contributed by atoms with van der Waals surface area (Å²) in [5.74, 6) is -1.03. The van der Waals surface area contributed by atoms with Crippen LogP contribution < -0.4 is 0 Å². The average molecular weight is 259 g/mol. The lowest BCUT2D eigenvalue weighted by molar-refractivity contribution is -0.131. The summed E-state index contributed by atoms with van der Waals surface area (Å²) in [5.41, 5.74) is 0.801. The molecule has 0 aliphatic carbocycles. The van der Waals surface area contributed by atoms with E-state index in [0.29, 0.717) is 0 Å². The second-order valence-corrected chi connectivity index (χ2v) is 3.69. The predicted molar refractivity (Wildman–Crippen MR) is 58.7 cm³/mol. The third-order valence-electron chi connectivity index (χ3n) is 1.42. The first-order valence-electron chi connectivity index (χ1n) is 3.50. The van der Waals surface area contributed by atoms with Crippen molar-refractivity contribution in [1.29, 1.82) is 0 Å². The van der Waals surface area contributed by atoms with Gasteiger partial charge in [-0.15, -0.1) is 12.6 Å². The van der Waals surface area contributed by atoms with Crippen molar-refractivity contribution in [1.82, 2.24) is 0 Å². The molecule has 0 atom stereocenters. The minimum atomic E-state index is -1.03. The van der Waals surface area contributed by atoms with Gasteiger partial charge < -0.3 is 5.11 Å². The highest BCUT2D eigenvalue weighted by atomic mass is 79.9. The summed E-state index contributed by atoms with van der Waals surface area (Å²) in [4.78, 5) is 10.5. The zero-order valence-electron chi connectivity index (χ0n) is 6.57. The second kappa shape index (κ2) is 4.48. The maximum absolute atomic E-state index is 10.5. The van der Waals surface area contributed by atoms with Gasteiger partial charge in [-0.2, -0.15) is 0 Å². The highest BCUT2D eigenvalue weighted by Gasteiger charge is 2.02. The largest absolute Gasteiger partial charge is 0.477 e. The van der Waals surface area contributed by atoms with Crippen LogP contribution in [0.3, 0.4) is 0 Å². The van der Waals surface area contributed by atoms with Crippen LogP contribution in [-0.2, 0) is 4.79 Å². The van der Waals surface area contributed by atoms with Crippen LogP contribution in [-0.4, -0.2) is 11.1 Å². The quantitative estimate of drug-likeness (QED) is 0.633. The molecule has 2 nitrogen and oxygen atoms in total. The molecule has 0 heterocycles. The Bertz CT molecular complexity index is 360. The minimum Gasteiger partial charge on any atom is -0.477 e. The van der Waals surface area contributed by atoms with Crippen LogP contribution in [0.25, 0.3) is 6.08 Å². The Morgan fingerprint density at radius 1 is 1.46 bits per heavy atom. The fraction of sp³-hybridized carbons (Fsp3) is 0. The van der Waals surface area contributed by atoms with Crippen LogP contribution in [0.4, 0.5) is 0 Å². The summed E-state index contributed by atoms with van der Waals surface area (Å²) in [5, 5.41) is 8.57. The predicted octanol–water partition coefficient (Wildman–Crippen LogP) is 2.80. The smallest absolute Gasteiger partial charge is 0.341 e. The molecule has 0 aliphatic heterocycles. The van der Waals surface area contributed by atoms with Gasteiger partial charge in [0.2, 0.25) is 0 Å². The maximum Gasteiger partial charge on any atom is 0.341 e. The summed E-state index contributed by atoms with van der Waals surface area (Å²) < 4.78 is 0.850. The molecule has 0 saturated carbocycles. The highest BCUT2D eigenvalue weighted by molar-refractivity contribution is 9.10. The lowest BCUT2D eigenvalue weighted by atomic mass is 10.2. The first kappa shape index (κ1) is 10.3. The third-order valence-corrected chi connectivity index (χ3v) is 2.46. The number of aliphatic carboxylic acids is 1. The normalized spacial score (nSPS) is 11.4. The lowest BCUT2D eigenvalue weighted by Gasteiger charge is -1.97. The zero-order chi connectivity index (χ0) is 9.84. The van der Waals surface area contributed by atoms with E-state index in [0.717, 1.165) is 10.0 Å². The number of hydrogen-bond donors (Lipinski definition) is 2. The number of rotatable bonds is 2. The molecule has 68 valence electrons. The van der Waals surface area contributed by atoms with E-state index in [1.54, 1.807) is 0 Å². The Morgan fingerprint density at radius 2 is 2.08 bits per heavy atom. The van der Waals surface area contributed by atoms with E-state index in [9.17, 15) is 4.79 Å². The molecule has 1 aromatic carbocycles. The van der Waals surface area contributed by atoms with Crippen LogP contribution in [0.5, 0.6) is 0 Å². The lowest BCUT2D eigenvalue weighted by Crippen LogP contribution is -1.93. The minimum absolute atomic E-state index is 0.0203. The van der Waals surface area contributed by atoms with Crippen molar-refractivity contribution in [3.63, 3.8) is 0 Å². The van der Waals surface area contributed by atoms with Crippen LogP contribution in [0.15, 0.2) is 33.6 Å². The molecule has 0 unspecified atom stereocenters. The van der Waals surface area contributed by atoms with Crippen LogP contribution >= 0.6 is 28.6 Å². The fourth-order valence-corrected chi connectivity index (χ4v) is 1.34. The number of hydrogen-bond acceptors (Lipinski definition) is 2. The van der Waals surface area contributed by atoms with Crippen LogP contribution in [0.2, 0.25) is 0 Å². The van der Waals surface area contributed by atoms with Crippen molar-refractivity contribution >= 4 is 40.6 Å². The topological polar surface area (TPSA) is 37.3 Å². The molecule has 0 amide bonds. The molecule has 0 saturated heterocycles. The van der Waals surface area contributed by atoms with E-state index in [2.05, 4.69) is 28.6 Å². The number of benzene rings is 1. The van der Waals surface area contributed by atoms with Gasteiger partial charge >= 0.3 is 5.97 Å². The molecule has 1 aromatic rings. The summed E-state index contributed by atoms with van der Waals surface area (Å²) in [6.45, 7) is 0. The Labute approximate surface area is 89.8 Å². The van der Waals surface area contributed by atoms with Gasteiger partial charge in [0.15, 0.2) is 0 Å². The molecule has 4 heteroatoms. The zero-order valence-corrected chi connectivity index (χ0v) is 9.05. The van der Waals surface area contributed by atoms with Gasteiger partial charge in [0.05, 0.1) is 4.91 Å². The van der Waals surface area contributed by atoms with Gasteiger partial charge in [0.1, 0.15) is 0 Å². The highest BCUT2D eigenvalue weighted by Crippen LogP contribution is 2.19. The van der Waals surface area contributed by atoms with E-state index in [1.165, 1.54) is 6.08 Å². The van der Waals surface area contributed by atoms with Crippen LogP contribution in [0.1, 0.15) is 5.56 Å². The number of carboxylic acid groups (broad SMARTS) is 1. The number of carboxylic acids is 1. The molecule has 13 heavy (non-hydrogen) atoms. The molecule has 0 radical (unpaired) electrons. The summed E-state index contributed by atoms with van der Waals surface area (Å²) >= 11 is 7.13. The standard InChI is InChI=1S/C9H7BrO2S/c10-7-4-2-1-3-6(7)5-8(13)9(11)12/h1-5,13H,(H,11,12)/b8-5-. The Hall–Kier alpha value is -0.740. The molecular formula is C9H7BrO2S. The molecule has 1 N–H and O–H groups in total. The molecule has 0 aliphatic rings. The maximum atomic E-state index is 10.5. The van der Waals surface area contributed by atoms with E-state index >= 15 is 0 Å². The first-order chi connectivity index (χ1) is 6.11. The Balaban J connectivity index is 3.04. The summed E-state index contributed by atoms with van der Waals surface area (Å²) in [6.07, 6.45) is 1.50. The molecule has 0 fully saturated rings. The average Bonchev–Trinajstić information content (AvgIpc) is 2.08. The summed E-state index contributed by atoms with van der Waals surface area (Å²) in [6, 6.07) is 7.35. The monoisotopic (exact) mass is 258 g/mol. The Morgan fingerprint density at radius 3 is 2.62 bits per heavy atom. The first-order valence-corrected chi connectivity index (χ1v) is 4.74. The van der Waals surface area contributed by atoms with Gasteiger partial charge in [-0.05, 0) is 17.7 Å². The Kier molecular flexibility index (Phi) is 3.57. The molecule has 0 aromatic heterocycles. The van der Waals surface area contributed by atoms with E-state index in [4.69, 9.17) is 5.11 Å². The van der Waals surface area contributed by atoms with Gasteiger partial charge in [-0.25, -0.2) is 4.79 Å². The van der Waals surface area contributed by atoms with Gasteiger partial charge in [0, 0.05) is 4.47 Å². The van der Waals surface area contributed by atoms with Gasteiger partial charge in [0.25, 0.3) is 0 Å². The third kappa shape index (κ3) is 2.90. The van der Waals surface area contributed by atoms with E-state index in [1.807, 2.05) is 24.3 Å². The van der Waals surface area contributed by atoms with Crippen molar-refractivity contribution in [2.75, 3.05) is 0 Å². The van der Waals surface area contributed by atoms with Crippen molar-refractivity contribution < 1.29 is 9.90 Å². The number of thiol groups is 1. The molecular weight excluding hydrogens is 252 g/mol. The second-order valence-electron chi connectivity index (χ2n) is 2.36. The molecule has 1 rings (SSSR count). The van der Waals surface area contributed by atoms with Crippen molar-refractivity contribution in [2.45, 2.75) is 0 Å². The van der Waals surface area contributed by atoms with E-state index < -0.39 is 5.97 Å². The van der Waals surface area contributed by atoms with E-state index in [-0.39, 0.29) is 4.91 Å². The van der Waals surface area contributed by atoms with Gasteiger partial charge in [-0.3, -0.25) is 0 Å². The summed E-state index contributed by atoms with van der Waals surface area (Å²) in [7, 11) is 0. The van der Waals surface area contributed by atoms with Gasteiger partial charge in [-0.1, -0.05) is 34.1 Å². The molecule has 0 spiro atoms. The fourth-order valence-electron chi connectivity index (χ4n) is 0.801. The number of halogens is 1. The molecule has 0 bridgehead atoms. The number of carbonyl (C=O) groups is 1. The van der Waals surface area contributed by atoms with Crippen molar-refractivity contribution in [2.24, 2.45) is 0 Å².